The molecule has 2 atom stereocenters. The first-order chi connectivity index (χ1) is 8.40. The molecule has 2 aliphatic rings. The van der Waals surface area contributed by atoms with Gasteiger partial charge in [0, 0.05) is 24.3 Å². The molecule has 0 aromatic carbocycles. The van der Waals surface area contributed by atoms with E-state index in [4.69, 9.17) is 0 Å². The summed E-state index contributed by atoms with van der Waals surface area (Å²) in [4.78, 5) is 10.8. The van der Waals surface area contributed by atoms with E-state index in [1.54, 1.807) is 12.5 Å². The maximum absolute atomic E-state index is 9.38. The van der Waals surface area contributed by atoms with Gasteiger partial charge in [-0.25, -0.2) is 9.97 Å². The van der Waals surface area contributed by atoms with Gasteiger partial charge in [-0.1, -0.05) is 6.42 Å². The van der Waals surface area contributed by atoms with Gasteiger partial charge in [0.25, 0.3) is 0 Å². The van der Waals surface area contributed by atoms with Crippen molar-refractivity contribution in [3.63, 3.8) is 0 Å². The number of hydrogen-bond acceptors (Lipinski definition) is 4. The minimum Gasteiger partial charge on any atom is -0.391 e. The molecule has 2 unspecified atom stereocenters. The van der Waals surface area contributed by atoms with Crippen molar-refractivity contribution >= 4 is 5.82 Å². The lowest BCUT2D eigenvalue weighted by Crippen LogP contribution is -2.43. The quantitative estimate of drug-likeness (QED) is 0.845. The molecule has 4 nitrogen and oxygen atoms in total. The Hall–Kier alpha value is -1.16. The predicted octanol–water partition coefficient (Wildman–Crippen LogP) is 1.74. The average Bonchev–Trinajstić information content (AvgIpc) is 2.86. The van der Waals surface area contributed by atoms with E-state index < -0.39 is 0 Å². The number of aliphatic hydroxyl groups excluding tert-OH is 1. The lowest BCUT2D eigenvalue weighted by atomic mass is 9.92. The highest BCUT2D eigenvalue weighted by Crippen LogP contribution is 2.39. The van der Waals surface area contributed by atoms with Crippen molar-refractivity contribution in [1.29, 1.82) is 0 Å². The molecule has 1 aromatic heterocycles. The largest absolute Gasteiger partial charge is 0.391 e. The summed E-state index contributed by atoms with van der Waals surface area (Å²) in [7, 11) is 0. The highest BCUT2D eigenvalue weighted by atomic mass is 16.3. The van der Waals surface area contributed by atoms with Crippen LogP contribution in [0.4, 0.5) is 5.82 Å². The Labute approximate surface area is 102 Å². The minimum absolute atomic E-state index is 0.0318. The molecule has 1 aliphatic heterocycles. The van der Waals surface area contributed by atoms with E-state index in [1.165, 1.54) is 32.1 Å². The normalized spacial score (nSPS) is 28.2. The molecule has 4 heteroatoms. The summed E-state index contributed by atoms with van der Waals surface area (Å²) in [5.74, 6) is 1.80. The van der Waals surface area contributed by atoms with Gasteiger partial charge in [-0.2, -0.15) is 0 Å². The van der Waals surface area contributed by atoms with Gasteiger partial charge in [-0.05, 0) is 31.6 Å². The summed E-state index contributed by atoms with van der Waals surface area (Å²) in [6.07, 6.45) is 9.91. The first-order valence-corrected chi connectivity index (χ1v) is 6.56. The van der Waals surface area contributed by atoms with Crippen LogP contribution in [-0.2, 0) is 6.61 Å². The van der Waals surface area contributed by atoms with Crippen molar-refractivity contribution in [2.24, 2.45) is 5.92 Å². The number of aromatic nitrogens is 2. The Balaban J connectivity index is 1.91. The van der Waals surface area contributed by atoms with Crippen molar-refractivity contribution in [3.05, 3.63) is 18.1 Å². The molecule has 2 heterocycles. The van der Waals surface area contributed by atoms with Crippen LogP contribution in [0.1, 0.15) is 37.7 Å². The Bertz CT molecular complexity index is 396. The Kier molecular flexibility index (Phi) is 2.97. The Morgan fingerprint density at radius 3 is 3.06 bits per heavy atom. The zero-order valence-corrected chi connectivity index (χ0v) is 10.0. The van der Waals surface area contributed by atoms with Crippen LogP contribution < -0.4 is 4.90 Å². The number of rotatable bonds is 2. The SMILES string of the molecule is OCc1cncnc1N1CCCC2CCCC21. The molecule has 0 amide bonds. The van der Waals surface area contributed by atoms with Crippen LogP contribution in [0.5, 0.6) is 0 Å². The fourth-order valence-electron chi connectivity index (χ4n) is 3.44. The second-order valence-corrected chi connectivity index (χ2v) is 5.12. The van der Waals surface area contributed by atoms with E-state index in [1.807, 2.05) is 0 Å². The summed E-state index contributed by atoms with van der Waals surface area (Å²) < 4.78 is 0. The third kappa shape index (κ3) is 1.90. The molecule has 2 fully saturated rings. The first kappa shape index (κ1) is 11.0. The highest BCUT2D eigenvalue weighted by molar-refractivity contribution is 5.47. The van der Waals surface area contributed by atoms with Gasteiger partial charge in [-0.3, -0.25) is 0 Å². The highest BCUT2D eigenvalue weighted by Gasteiger charge is 2.36. The molecule has 1 saturated heterocycles. The molecule has 1 aliphatic carbocycles. The average molecular weight is 233 g/mol. The lowest BCUT2D eigenvalue weighted by Gasteiger charge is -2.39. The standard InChI is InChI=1S/C13H19N3O/c17-8-11-7-14-9-15-13(11)16-6-2-4-10-3-1-5-12(10)16/h7,9-10,12,17H,1-6,8H2. The van der Waals surface area contributed by atoms with Crippen LogP contribution in [0.15, 0.2) is 12.5 Å². The zero-order valence-electron chi connectivity index (χ0n) is 10.0. The maximum atomic E-state index is 9.38. The van der Waals surface area contributed by atoms with Gasteiger partial charge in [-0.15, -0.1) is 0 Å². The van der Waals surface area contributed by atoms with E-state index in [-0.39, 0.29) is 6.61 Å². The van der Waals surface area contributed by atoms with Crippen molar-refractivity contribution in [2.45, 2.75) is 44.8 Å². The zero-order chi connectivity index (χ0) is 11.7. The smallest absolute Gasteiger partial charge is 0.137 e. The van der Waals surface area contributed by atoms with Gasteiger partial charge in [0.05, 0.1) is 6.61 Å². The number of hydrogen-bond donors (Lipinski definition) is 1. The van der Waals surface area contributed by atoms with Crippen LogP contribution in [0, 0.1) is 5.92 Å². The van der Waals surface area contributed by atoms with Crippen LogP contribution in [0.25, 0.3) is 0 Å². The fourth-order valence-corrected chi connectivity index (χ4v) is 3.44. The van der Waals surface area contributed by atoms with Crippen LogP contribution in [0.3, 0.4) is 0 Å². The van der Waals surface area contributed by atoms with E-state index in [0.29, 0.717) is 6.04 Å². The molecular weight excluding hydrogens is 214 g/mol. The second kappa shape index (κ2) is 4.61. The molecule has 1 saturated carbocycles. The van der Waals surface area contributed by atoms with E-state index in [0.717, 1.165) is 23.8 Å². The summed E-state index contributed by atoms with van der Waals surface area (Å²) in [6, 6.07) is 0.643. The van der Waals surface area contributed by atoms with Gasteiger partial charge < -0.3 is 10.0 Å². The topological polar surface area (TPSA) is 49.3 Å². The molecule has 0 radical (unpaired) electrons. The van der Waals surface area contributed by atoms with E-state index in [2.05, 4.69) is 14.9 Å². The van der Waals surface area contributed by atoms with Crippen molar-refractivity contribution in [3.8, 4) is 0 Å². The number of aliphatic hydroxyl groups is 1. The van der Waals surface area contributed by atoms with E-state index in [9.17, 15) is 5.11 Å². The fraction of sp³-hybridized carbons (Fsp3) is 0.692. The summed E-state index contributed by atoms with van der Waals surface area (Å²) in [5, 5.41) is 9.38. The molecule has 92 valence electrons. The monoisotopic (exact) mass is 233 g/mol. The minimum atomic E-state index is 0.0318. The predicted molar refractivity (Wildman–Crippen MR) is 65.7 cm³/mol. The van der Waals surface area contributed by atoms with E-state index >= 15 is 0 Å². The third-order valence-corrected chi connectivity index (χ3v) is 4.20. The Morgan fingerprint density at radius 2 is 2.18 bits per heavy atom. The Morgan fingerprint density at radius 1 is 1.29 bits per heavy atom. The summed E-state index contributed by atoms with van der Waals surface area (Å²) >= 11 is 0. The van der Waals surface area contributed by atoms with Gasteiger partial charge in [0.15, 0.2) is 0 Å². The molecule has 17 heavy (non-hydrogen) atoms. The summed E-state index contributed by atoms with van der Waals surface area (Å²) in [5.41, 5.74) is 0.861. The van der Waals surface area contributed by atoms with Gasteiger partial charge >= 0.3 is 0 Å². The molecule has 1 N–H and O–H groups in total. The summed E-state index contributed by atoms with van der Waals surface area (Å²) in [6.45, 7) is 1.11. The van der Waals surface area contributed by atoms with Gasteiger partial charge in [0.2, 0.25) is 0 Å². The first-order valence-electron chi connectivity index (χ1n) is 6.56. The lowest BCUT2D eigenvalue weighted by molar-refractivity contribution is 0.279. The number of nitrogens with zero attached hydrogens (tertiary/aromatic N) is 3. The van der Waals surface area contributed by atoms with Crippen molar-refractivity contribution in [1.82, 2.24) is 9.97 Å². The van der Waals surface area contributed by atoms with Crippen LogP contribution in [0.2, 0.25) is 0 Å². The number of fused-ring (bicyclic) bond motifs is 1. The molecule has 3 rings (SSSR count). The number of anilines is 1. The van der Waals surface area contributed by atoms with Crippen LogP contribution >= 0.6 is 0 Å². The molecular formula is C13H19N3O. The number of piperidine rings is 1. The van der Waals surface area contributed by atoms with Gasteiger partial charge in [0.1, 0.15) is 12.1 Å². The maximum Gasteiger partial charge on any atom is 0.137 e. The van der Waals surface area contributed by atoms with Crippen molar-refractivity contribution in [2.75, 3.05) is 11.4 Å². The van der Waals surface area contributed by atoms with Crippen molar-refractivity contribution < 1.29 is 5.11 Å². The third-order valence-electron chi connectivity index (χ3n) is 4.20. The molecule has 1 aromatic rings. The van der Waals surface area contributed by atoms with Crippen LogP contribution in [-0.4, -0.2) is 27.7 Å². The second-order valence-electron chi connectivity index (χ2n) is 5.12. The molecule has 0 spiro atoms. The molecule has 0 bridgehead atoms.